The highest BCUT2D eigenvalue weighted by molar-refractivity contribution is 7.12. The van der Waals surface area contributed by atoms with Crippen molar-refractivity contribution >= 4 is 11.3 Å². The van der Waals surface area contributed by atoms with Gasteiger partial charge < -0.3 is 0 Å². The zero-order chi connectivity index (χ0) is 13.3. The van der Waals surface area contributed by atoms with Crippen molar-refractivity contribution in [2.75, 3.05) is 0 Å². The summed E-state index contributed by atoms with van der Waals surface area (Å²) in [7, 11) is 0. The summed E-state index contributed by atoms with van der Waals surface area (Å²) in [5.74, 6) is -0.285. The highest BCUT2D eigenvalue weighted by Gasteiger charge is 2.26. The standard InChI is InChI=1S/C14H13FN2S/c1-9-12(10-6-4-5-7-11(10)15)17-13(18-9)14(2,3)8-16/h4-7H,1-3H3. The second-order valence-electron chi connectivity index (χ2n) is 4.64. The lowest BCUT2D eigenvalue weighted by molar-refractivity contribution is 0.630. The number of nitrogens with zero attached hydrogens (tertiary/aromatic N) is 2. The molecule has 0 radical (unpaired) electrons. The first-order valence-corrected chi connectivity index (χ1v) is 6.41. The largest absolute Gasteiger partial charge is 0.239 e. The molecule has 0 aliphatic carbocycles. The number of halogens is 1. The van der Waals surface area contributed by atoms with Crippen LogP contribution in [0.25, 0.3) is 11.3 Å². The quantitative estimate of drug-likeness (QED) is 0.816. The molecule has 0 saturated heterocycles. The highest BCUT2D eigenvalue weighted by Crippen LogP contribution is 2.34. The molecular weight excluding hydrogens is 247 g/mol. The maximum Gasteiger partial charge on any atom is 0.132 e. The molecular formula is C14H13FN2S. The molecule has 2 aromatic rings. The maximum absolute atomic E-state index is 13.7. The Hall–Kier alpha value is -1.73. The third-order valence-electron chi connectivity index (χ3n) is 2.74. The Kier molecular flexibility index (Phi) is 3.18. The zero-order valence-corrected chi connectivity index (χ0v) is 11.3. The molecule has 18 heavy (non-hydrogen) atoms. The molecule has 1 heterocycles. The minimum absolute atomic E-state index is 0.285. The van der Waals surface area contributed by atoms with E-state index in [1.165, 1.54) is 17.4 Å². The van der Waals surface area contributed by atoms with Crippen LogP contribution >= 0.6 is 11.3 Å². The lowest BCUT2D eigenvalue weighted by Gasteiger charge is -2.09. The fourth-order valence-electron chi connectivity index (χ4n) is 1.61. The molecule has 0 N–H and O–H groups in total. The Bertz CT molecular complexity index is 623. The summed E-state index contributed by atoms with van der Waals surface area (Å²) in [5, 5.41) is 9.84. The van der Waals surface area contributed by atoms with Crippen LogP contribution in [0.4, 0.5) is 4.39 Å². The van der Waals surface area contributed by atoms with Crippen molar-refractivity contribution in [3.8, 4) is 17.3 Å². The molecule has 2 nitrogen and oxygen atoms in total. The van der Waals surface area contributed by atoms with Crippen molar-refractivity contribution < 1.29 is 4.39 Å². The Morgan fingerprint density at radius 1 is 1.33 bits per heavy atom. The minimum atomic E-state index is -0.640. The van der Waals surface area contributed by atoms with Gasteiger partial charge in [0.1, 0.15) is 16.2 Å². The summed E-state index contributed by atoms with van der Waals surface area (Å²) in [6.45, 7) is 5.53. The number of nitriles is 1. The van der Waals surface area contributed by atoms with Crippen LogP contribution in [-0.2, 0) is 5.41 Å². The van der Waals surface area contributed by atoms with Gasteiger partial charge in [0.15, 0.2) is 0 Å². The lowest BCUT2D eigenvalue weighted by Crippen LogP contribution is -2.13. The monoisotopic (exact) mass is 260 g/mol. The van der Waals surface area contributed by atoms with E-state index in [1.54, 1.807) is 18.2 Å². The van der Waals surface area contributed by atoms with Gasteiger partial charge in [-0.3, -0.25) is 0 Å². The predicted molar refractivity (Wildman–Crippen MR) is 70.9 cm³/mol. The van der Waals surface area contributed by atoms with Crippen molar-refractivity contribution in [1.82, 2.24) is 4.98 Å². The normalized spacial score (nSPS) is 11.3. The van der Waals surface area contributed by atoms with Gasteiger partial charge in [-0.2, -0.15) is 5.26 Å². The summed E-state index contributed by atoms with van der Waals surface area (Å²) in [5.41, 5.74) is 0.488. The van der Waals surface area contributed by atoms with Gasteiger partial charge in [0.05, 0.1) is 11.8 Å². The van der Waals surface area contributed by atoms with Gasteiger partial charge in [0, 0.05) is 10.4 Å². The van der Waals surface area contributed by atoms with Crippen LogP contribution in [0.5, 0.6) is 0 Å². The van der Waals surface area contributed by atoms with Gasteiger partial charge in [-0.05, 0) is 32.9 Å². The fourth-order valence-corrected chi connectivity index (χ4v) is 2.59. The lowest BCUT2D eigenvalue weighted by atomic mass is 9.97. The van der Waals surface area contributed by atoms with E-state index < -0.39 is 5.41 Å². The minimum Gasteiger partial charge on any atom is -0.239 e. The van der Waals surface area contributed by atoms with Crippen LogP contribution in [0.1, 0.15) is 23.7 Å². The molecule has 0 aliphatic heterocycles. The number of hydrogen-bond acceptors (Lipinski definition) is 3. The maximum atomic E-state index is 13.7. The van der Waals surface area contributed by atoms with Crippen LogP contribution < -0.4 is 0 Å². The fraction of sp³-hybridized carbons (Fsp3) is 0.286. The first kappa shape index (κ1) is 12.7. The SMILES string of the molecule is Cc1sc(C(C)(C)C#N)nc1-c1ccccc1F. The van der Waals surface area contributed by atoms with E-state index in [0.717, 1.165) is 9.88 Å². The second-order valence-corrected chi connectivity index (χ2v) is 5.84. The molecule has 0 amide bonds. The zero-order valence-electron chi connectivity index (χ0n) is 10.5. The molecule has 92 valence electrons. The van der Waals surface area contributed by atoms with Crippen LogP contribution in [-0.4, -0.2) is 4.98 Å². The molecule has 1 aromatic heterocycles. The Labute approximate surface area is 110 Å². The number of thiazole rings is 1. The first-order valence-electron chi connectivity index (χ1n) is 5.60. The van der Waals surface area contributed by atoms with Gasteiger partial charge in [-0.1, -0.05) is 12.1 Å². The predicted octanol–water partition coefficient (Wildman–Crippen LogP) is 4.06. The third kappa shape index (κ3) is 2.14. The molecule has 0 saturated carbocycles. The van der Waals surface area contributed by atoms with Crippen LogP contribution in [0.3, 0.4) is 0 Å². The first-order chi connectivity index (χ1) is 8.45. The van der Waals surface area contributed by atoms with E-state index in [-0.39, 0.29) is 5.82 Å². The van der Waals surface area contributed by atoms with E-state index in [2.05, 4.69) is 11.1 Å². The molecule has 0 unspecified atom stereocenters. The van der Waals surface area contributed by atoms with Gasteiger partial charge in [-0.15, -0.1) is 11.3 Å². The van der Waals surface area contributed by atoms with Crippen molar-refractivity contribution in [3.05, 3.63) is 40.0 Å². The van der Waals surface area contributed by atoms with Gasteiger partial charge >= 0.3 is 0 Å². The molecule has 2 rings (SSSR count). The number of rotatable bonds is 2. The van der Waals surface area contributed by atoms with E-state index in [4.69, 9.17) is 5.26 Å². The molecule has 0 spiro atoms. The summed E-state index contributed by atoms with van der Waals surface area (Å²) >= 11 is 1.45. The highest BCUT2D eigenvalue weighted by atomic mass is 32.1. The Balaban J connectivity index is 2.56. The molecule has 1 aromatic carbocycles. The molecule has 0 bridgehead atoms. The Morgan fingerprint density at radius 3 is 2.61 bits per heavy atom. The topological polar surface area (TPSA) is 36.7 Å². The van der Waals surface area contributed by atoms with Crippen LogP contribution in [0.15, 0.2) is 24.3 Å². The number of aromatic nitrogens is 1. The third-order valence-corrected chi connectivity index (χ3v) is 4.03. The van der Waals surface area contributed by atoms with Crippen molar-refractivity contribution in [2.24, 2.45) is 0 Å². The number of benzene rings is 1. The van der Waals surface area contributed by atoms with Crippen molar-refractivity contribution in [1.29, 1.82) is 5.26 Å². The van der Waals surface area contributed by atoms with Gasteiger partial charge in [-0.25, -0.2) is 9.37 Å². The van der Waals surface area contributed by atoms with E-state index in [1.807, 2.05) is 20.8 Å². The van der Waals surface area contributed by atoms with E-state index >= 15 is 0 Å². The number of aryl methyl sites for hydroxylation is 1. The molecule has 0 atom stereocenters. The summed E-state index contributed by atoms with van der Waals surface area (Å²) in [6.07, 6.45) is 0. The summed E-state index contributed by atoms with van der Waals surface area (Å²) in [4.78, 5) is 5.37. The van der Waals surface area contributed by atoms with Gasteiger partial charge in [0.25, 0.3) is 0 Å². The van der Waals surface area contributed by atoms with Gasteiger partial charge in [0.2, 0.25) is 0 Å². The van der Waals surface area contributed by atoms with Crippen LogP contribution in [0, 0.1) is 24.1 Å². The summed E-state index contributed by atoms with van der Waals surface area (Å²) in [6, 6.07) is 8.78. The average molecular weight is 260 g/mol. The average Bonchev–Trinajstić information content (AvgIpc) is 2.73. The molecule has 4 heteroatoms. The molecule has 0 fully saturated rings. The van der Waals surface area contributed by atoms with Crippen molar-refractivity contribution in [2.45, 2.75) is 26.2 Å². The van der Waals surface area contributed by atoms with Crippen LogP contribution in [0.2, 0.25) is 0 Å². The van der Waals surface area contributed by atoms with E-state index in [9.17, 15) is 4.39 Å². The molecule has 0 aliphatic rings. The van der Waals surface area contributed by atoms with Crippen molar-refractivity contribution in [3.63, 3.8) is 0 Å². The van der Waals surface area contributed by atoms with E-state index in [0.29, 0.717) is 11.3 Å². The second kappa shape index (κ2) is 4.51. The summed E-state index contributed by atoms with van der Waals surface area (Å²) < 4.78 is 13.7. The smallest absolute Gasteiger partial charge is 0.132 e. The number of hydrogen-bond donors (Lipinski definition) is 0. The Morgan fingerprint density at radius 2 is 2.00 bits per heavy atom.